The Balaban J connectivity index is 1.66. The maximum absolute atomic E-state index is 11.8. The number of amides is 1. The number of benzene rings is 1. The minimum Gasteiger partial charge on any atom is -0.497 e. The third-order valence-corrected chi connectivity index (χ3v) is 5.24. The van der Waals surface area contributed by atoms with Gasteiger partial charge in [-0.25, -0.2) is 4.79 Å². The number of rotatable bonds is 6. The van der Waals surface area contributed by atoms with Gasteiger partial charge >= 0.3 is 5.97 Å². The van der Waals surface area contributed by atoms with Crippen molar-refractivity contribution in [3.8, 4) is 5.75 Å². The number of thioether (sulfide) groups is 1. The third kappa shape index (κ3) is 3.33. The van der Waals surface area contributed by atoms with Crippen LogP contribution in [-0.4, -0.2) is 52.4 Å². The molecule has 1 fully saturated rings. The minimum absolute atomic E-state index is 0.0766. The van der Waals surface area contributed by atoms with Crippen LogP contribution < -0.4 is 10.5 Å². The zero-order valence-corrected chi connectivity index (χ0v) is 14.2. The van der Waals surface area contributed by atoms with E-state index in [1.165, 1.54) is 22.9 Å². The summed E-state index contributed by atoms with van der Waals surface area (Å²) >= 11 is 1.41. The van der Waals surface area contributed by atoms with Gasteiger partial charge in [0.1, 0.15) is 29.5 Å². The maximum Gasteiger partial charge on any atom is 0.353 e. The summed E-state index contributed by atoms with van der Waals surface area (Å²) in [5.41, 5.74) is 6.94. The molecular weight excluding hydrogens is 346 g/mol. The van der Waals surface area contributed by atoms with E-state index in [4.69, 9.17) is 15.3 Å². The number of carboxylic acid groups (broad SMARTS) is 1. The summed E-state index contributed by atoms with van der Waals surface area (Å²) in [5, 5.41) is 12.9. The van der Waals surface area contributed by atoms with Crippen molar-refractivity contribution < 1.29 is 24.3 Å². The molecule has 1 saturated heterocycles. The fourth-order valence-corrected chi connectivity index (χ4v) is 3.82. The summed E-state index contributed by atoms with van der Waals surface area (Å²) in [6.07, 6.45) is 1.34. The molecule has 25 heavy (non-hydrogen) atoms. The lowest BCUT2D eigenvalue weighted by atomic mass is 10.0. The summed E-state index contributed by atoms with van der Waals surface area (Å²) in [6, 6.07) is 6.66. The Morgan fingerprint density at radius 3 is 2.84 bits per heavy atom. The highest BCUT2D eigenvalue weighted by molar-refractivity contribution is 8.00. The van der Waals surface area contributed by atoms with Crippen LogP contribution in [0.5, 0.6) is 5.75 Å². The molecule has 2 aliphatic heterocycles. The Kier molecular flexibility index (Phi) is 4.95. The smallest absolute Gasteiger partial charge is 0.353 e. The van der Waals surface area contributed by atoms with Gasteiger partial charge in [0, 0.05) is 11.3 Å². The fraction of sp³-hybridized carbons (Fsp3) is 0.312. The number of nitrogens with zero attached hydrogens (tertiary/aromatic N) is 2. The molecular formula is C16H17N3O5S. The van der Waals surface area contributed by atoms with Crippen LogP contribution in [0.2, 0.25) is 0 Å². The first-order valence-corrected chi connectivity index (χ1v) is 8.52. The topological polar surface area (TPSA) is 114 Å². The molecule has 3 rings (SSSR count). The molecule has 0 radical (unpaired) electrons. The highest BCUT2D eigenvalue weighted by atomic mass is 32.2. The largest absolute Gasteiger partial charge is 0.497 e. The molecule has 0 bridgehead atoms. The Bertz CT molecular complexity index is 747. The van der Waals surface area contributed by atoms with Gasteiger partial charge in [-0.15, -0.1) is 11.8 Å². The Hall–Kier alpha value is -2.52. The van der Waals surface area contributed by atoms with Gasteiger partial charge < -0.3 is 20.4 Å². The van der Waals surface area contributed by atoms with E-state index in [1.807, 2.05) is 24.3 Å². The zero-order chi connectivity index (χ0) is 18.0. The summed E-state index contributed by atoms with van der Waals surface area (Å²) in [4.78, 5) is 29.8. The van der Waals surface area contributed by atoms with Crippen LogP contribution >= 0.6 is 11.8 Å². The number of hydrogen-bond donors (Lipinski definition) is 2. The van der Waals surface area contributed by atoms with Crippen molar-refractivity contribution in [1.29, 1.82) is 0 Å². The van der Waals surface area contributed by atoms with E-state index in [9.17, 15) is 14.7 Å². The number of fused-ring (bicyclic) bond motifs is 1. The van der Waals surface area contributed by atoms with Crippen LogP contribution in [0.4, 0.5) is 0 Å². The summed E-state index contributed by atoms with van der Waals surface area (Å²) in [5.74, 6) is -0.421. The van der Waals surface area contributed by atoms with Crippen LogP contribution in [0.1, 0.15) is 5.56 Å². The van der Waals surface area contributed by atoms with Gasteiger partial charge in [0.2, 0.25) is 5.91 Å². The predicted molar refractivity (Wildman–Crippen MR) is 92.0 cm³/mol. The molecule has 0 aliphatic carbocycles. The molecule has 0 saturated carbocycles. The summed E-state index contributed by atoms with van der Waals surface area (Å²) in [6.45, 7) is 0.236. The number of hydrogen-bond acceptors (Lipinski definition) is 7. The number of oxime groups is 1. The highest BCUT2D eigenvalue weighted by Crippen LogP contribution is 2.38. The van der Waals surface area contributed by atoms with Crippen molar-refractivity contribution in [3.05, 3.63) is 41.1 Å². The molecule has 1 aromatic rings. The van der Waals surface area contributed by atoms with Gasteiger partial charge in [0.05, 0.1) is 13.3 Å². The molecule has 0 unspecified atom stereocenters. The van der Waals surface area contributed by atoms with Crippen molar-refractivity contribution in [1.82, 2.24) is 4.90 Å². The number of aliphatic carboxylic acids is 1. The number of nitrogens with two attached hydrogens (primary N) is 1. The van der Waals surface area contributed by atoms with Gasteiger partial charge in [-0.05, 0) is 17.7 Å². The third-order valence-electron chi connectivity index (χ3n) is 3.91. The van der Waals surface area contributed by atoms with E-state index in [1.54, 1.807) is 7.11 Å². The molecule has 3 N–H and O–H groups in total. The molecule has 2 atom stereocenters. The average Bonchev–Trinajstić information content (AvgIpc) is 2.64. The molecule has 9 heteroatoms. The Morgan fingerprint density at radius 1 is 1.48 bits per heavy atom. The maximum atomic E-state index is 11.8. The number of carbonyl (C=O) groups excluding carboxylic acids is 1. The molecule has 0 spiro atoms. The Morgan fingerprint density at radius 2 is 2.20 bits per heavy atom. The van der Waals surface area contributed by atoms with Crippen LogP contribution in [0, 0.1) is 0 Å². The number of methoxy groups -OCH3 is 1. The number of ether oxygens (including phenoxy) is 1. The van der Waals surface area contributed by atoms with Gasteiger partial charge in [-0.3, -0.25) is 9.69 Å². The molecule has 132 valence electrons. The van der Waals surface area contributed by atoms with Crippen molar-refractivity contribution in [2.24, 2.45) is 10.9 Å². The van der Waals surface area contributed by atoms with Gasteiger partial charge in [0.15, 0.2) is 0 Å². The van der Waals surface area contributed by atoms with Crippen molar-refractivity contribution >= 4 is 29.9 Å². The molecule has 0 aromatic heterocycles. The fourth-order valence-electron chi connectivity index (χ4n) is 2.57. The van der Waals surface area contributed by atoms with Crippen LogP contribution in [0.15, 0.2) is 40.7 Å². The van der Waals surface area contributed by atoms with Gasteiger partial charge in [0.25, 0.3) is 0 Å². The van der Waals surface area contributed by atoms with Gasteiger partial charge in [-0.1, -0.05) is 17.3 Å². The van der Waals surface area contributed by atoms with Gasteiger partial charge in [-0.2, -0.15) is 0 Å². The van der Waals surface area contributed by atoms with Crippen LogP contribution in [0.3, 0.4) is 0 Å². The van der Waals surface area contributed by atoms with Crippen LogP contribution in [0.25, 0.3) is 0 Å². The number of β-lactam (4-membered cyclic amide) rings is 1. The lowest BCUT2D eigenvalue weighted by Crippen LogP contribution is -2.68. The zero-order valence-electron chi connectivity index (χ0n) is 13.4. The SMILES string of the molecule is COc1ccc(CO/N=C/C2=C(C(=O)O)N3C(=O)[C@@H](N)[C@H]3SC2)cc1. The quantitative estimate of drug-likeness (QED) is 0.436. The summed E-state index contributed by atoms with van der Waals surface area (Å²) < 4.78 is 5.07. The van der Waals surface area contributed by atoms with E-state index in [0.717, 1.165) is 11.3 Å². The molecule has 1 amide bonds. The highest BCUT2D eigenvalue weighted by Gasteiger charge is 2.51. The van der Waals surface area contributed by atoms with E-state index in [-0.39, 0.29) is 23.6 Å². The van der Waals surface area contributed by atoms with Crippen molar-refractivity contribution in [2.45, 2.75) is 18.0 Å². The molecule has 1 aromatic carbocycles. The first-order valence-electron chi connectivity index (χ1n) is 7.48. The second-order valence-corrected chi connectivity index (χ2v) is 6.58. The molecule has 2 heterocycles. The first-order chi connectivity index (χ1) is 12.0. The molecule has 8 nitrogen and oxygen atoms in total. The second-order valence-electron chi connectivity index (χ2n) is 5.47. The van der Waals surface area contributed by atoms with Crippen molar-refractivity contribution in [2.75, 3.05) is 12.9 Å². The van der Waals surface area contributed by atoms with E-state index >= 15 is 0 Å². The minimum atomic E-state index is -1.18. The number of carboxylic acids is 1. The normalized spacial score (nSPS) is 22.6. The monoisotopic (exact) mass is 363 g/mol. The van der Waals surface area contributed by atoms with E-state index in [0.29, 0.717) is 11.3 Å². The standard InChI is InChI=1S/C16H17N3O5S/c1-23-11-4-2-9(3-5-11)7-24-18-6-10-8-25-15-12(17)14(20)19(15)13(10)16(21)22/h2-6,12,15H,7-8,17H2,1H3,(H,21,22)/b18-6+/t12-,15-/m1/s1. The number of carbonyl (C=O) groups is 2. The second kappa shape index (κ2) is 7.16. The lowest BCUT2D eigenvalue weighted by molar-refractivity contribution is -0.147. The Labute approximate surface area is 148 Å². The van der Waals surface area contributed by atoms with Crippen LogP contribution in [-0.2, 0) is 21.0 Å². The lowest BCUT2D eigenvalue weighted by Gasteiger charge is -2.47. The predicted octanol–water partition coefficient (Wildman–Crippen LogP) is 0.779. The van der Waals surface area contributed by atoms with Crippen molar-refractivity contribution in [3.63, 3.8) is 0 Å². The first kappa shape index (κ1) is 17.3. The van der Waals surface area contributed by atoms with E-state index in [2.05, 4.69) is 5.16 Å². The van der Waals surface area contributed by atoms with E-state index < -0.39 is 12.0 Å². The summed E-state index contributed by atoms with van der Waals surface area (Å²) in [7, 11) is 1.59. The average molecular weight is 363 g/mol. The molecule has 2 aliphatic rings.